The predicted molar refractivity (Wildman–Crippen MR) is 186 cm³/mol. The second-order valence-corrected chi connectivity index (χ2v) is 15.5. The van der Waals surface area contributed by atoms with Crippen LogP contribution in [0.5, 0.6) is 6.01 Å². The monoisotopic (exact) mass is 702 g/mol. The maximum Gasteiger partial charge on any atom is 0.319 e. The fourth-order valence-electron chi connectivity index (χ4n) is 9.49. The lowest BCUT2D eigenvalue weighted by molar-refractivity contribution is 0.107. The third-order valence-corrected chi connectivity index (χ3v) is 12.7. The van der Waals surface area contributed by atoms with Gasteiger partial charge in [0, 0.05) is 56.4 Å². The molecule has 0 radical (unpaired) electrons. The van der Waals surface area contributed by atoms with Crippen molar-refractivity contribution >= 4 is 43.1 Å². The van der Waals surface area contributed by atoms with Gasteiger partial charge in [-0.1, -0.05) is 0 Å². The molecule has 0 spiro atoms. The molecule has 0 amide bonds. The molecule has 2 N–H and O–H groups in total. The Kier molecular flexibility index (Phi) is 8.04. The molecular weight excluding hydrogens is 663 g/mol. The minimum absolute atomic E-state index is 0.0446. The Hall–Kier alpha value is -3.74. The first-order valence-electron chi connectivity index (χ1n) is 17.7. The van der Waals surface area contributed by atoms with E-state index in [0.717, 1.165) is 107 Å². The normalized spacial score (nSPS) is 22.9. The van der Waals surface area contributed by atoms with Crippen molar-refractivity contribution in [2.75, 3.05) is 63.7 Å². The quantitative estimate of drug-likeness (QED) is 0.227. The number of aromatic nitrogens is 3. The molecule has 0 aliphatic carbocycles. The zero-order valence-corrected chi connectivity index (χ0v) is 29.0. The van der Waals surface area contributed by atoms with Gasteiger partial charge in [-0.3, -0.25) is 14.8 Å². The van der Waals surface area contributed by atoms with Gasteiger partial charge >= 0.3 is 6.01 Å². The Morgan fingerprint density at radius 3 is 2.60 bits per heavy atom. The van der Waals surface area contributed by atoms with Crippen molar-refractivity contribution in [1.82, 2.24) is 24.8 Å². The van der Waals surface area contributed by atoms with Crippen LogP contribution in [0, 0.1) is 23.0 Å². The van der Waals surface area contributed by atoms with Crippen molar-refractivity contribution < 1.29 is 23.0 Å². The number of hydrogen-bond acceptors (Lipinski definition) is 12. The minimum Gasteiger partial charge on any atom is -0.461 e. The van der Waals surface area contributed by atoms with E-state index in [-0.39, 0.29) is 74.3 Å². The molecule has 50 heavy (non-hydrogen) atoms. The number of likely N-dealkylation sites (tertiary alicyclic amines) is 1. The number of benzene rings is 1. The predicted octanol–water partition coefficient (Wildman–Crippen LogP) is 5.37. The van der Waals surface area contributed by atoms with Gasteiger partial charge in [0.05, 0.1) is 46.3 Å². The van der Waals surface area contributed by atoms with E-state index in [0.29, 0.717) is 23.4 Å². The summed E-state index contributed by atoms with van der Waals surface area (Å²) in [7, 11) is 1.73. The maximum absolute atomic E-state index is 17.5. The molecule has 5 aliphatic rings. The van der Waals surface area contributed by atoms with E-state index in [1.807, 2.05) is 0 Å². The van der Waals surface area contributed by atoms with Crippen LogP contribution in [0.15, 0.2) is 6.20 Å². The number of nitrogens with zero attached hydrogens (tertiary/aromatic N) is 7. The topological polar surface area (TPSA) is 126 Å². The number of nitrogen functional groups attached to an aromatic ring is 1. The van der Waals surface area contributed by atoms with E-state index in [9.17, 15) is 5.26 Å². The number of fused-ring (bicyclic) bond motifs is 7. The molecule has 2 unspecified atom stereocenters. The fourth-order valence-corrected chi connectivity index (χ4v) is 10.4. The fraction of sp³-hybridized carbons (Fsp3) is 0.556. The van der Waals surface area contributed by atoms with Crippen molar-refractivity contribution in [1.29, 1.82) is 5.26 Å². The summed E-state index contributed by atoms with van der Waals surface area (Å²) in [4.78, 5) is 21.8. The third kappa shape index (κ3) is 4.96. The van der Waals surface area contributed by atoms with Crippen molar-refractivity contribution in [2.45, 2.75) is 75.8 Å². The molecule has 2 bridgehead atoms. The second-order valence-electron chi connectivity index (χ2n) is 14.4. The molecule has 3 aromatic heterocycles. The molecule has 2 atom stereocenters. The number of halogens is 2. The summed E-state index contributed by atoms with van der Waals surface area (Å²) >= 11 is 0.964. The van der Waals surface area contributed by atoms with Gasteiger partial charge in [-0.15, -0.1) is 11.3 Å². The Labute approximate surface area is 292 Å². The molecule has 14 heteroatoms. The van der Waals surface area contributed by atoms with Crippen LogP contribution >= 0.6 is 11.3 Å². The zero-order chi connectivity index (χ0) is 34.1. The highest BCUT2D eigenvalue weighted by Crippen LogP contribution is 2.48. The van der Waals surface area contributed by atoms with E-state index in [4.69, 9.17) is 29.9 Å². The van der Waals surface area contributed by atoms with Gasteiger partial charge in [0.25, 0.3) is 0 Å². The van der Waals surface area contributed by atoms with Gasteiger partial charge in [-0.05, 0) is 69.2 Å². The average Bonchev–Trinajstić information content (AvgIpc) is 3.93. The second kappa shape index (κ2) is 12.5. The molecule has 9 rings (SSSR count). The summed E-state index contributed by atoms with van der Waals surface area (Å²) in [6.07, 6.45) is 8.44. The molecule has 4 fully saturated rings. The Morgan fingerprint density at radius 2 is 1.86 bits per heavy atom. The number of thiophene rings is 1. The first-order valence-corrected chi connectivity index (χ1v) is 18.5. The lowest BCUT2D eigenvalue weighted by Crippen LogP contribution is -2.54. The molecule has 8 heterocycles. The van der Waals surface area contributed by atoms with E-state index >= 15 is 8.78 Å². The number of nitriles is 1. The average molecular weight is 703 g/mol. The van der Waals surface area contributed by atoms with Gasteiger partial charge < -0.3 is 24.8 Å². The first-order chi connectivity index (χ1) is 24.4. The Balaban J connectivity index is 1.22. The first kappa shape index (κ1) is 32.2. The number of pyridine rings is 1. The lowest BCUT2D eigenvalue weighted by atomic mass is 9.93. The largest absolute Gasteiger partial charge is 0.461 e. The number of anilines is 2. The van der Waals surface area contributed by atoms with Gasteiger partial charge in [-0.25, -0.2) is 8.78 Å². The van der Waals surface area contributed by atoms with Crippen LogP contribution in [-0.2, 0) is 22.7 Å². The number of nitrogens with two attached hydrogens (primary N) is 1. The third-order valence-electron chi connectivity index (χ3n) is 11.7. The van der Waals surface area contributed by atoms with Crippen LogP contribution in [0.1, 0.15) is 61.6 Å². The molecule has 4 saturated heterocycles. The van der Waals surface area contributed by atoms with Crippen LogP contribution in [0.4, 0.5) is 19.6 Å². The van der Waals surface area contributed by atoms with Gasteiger partial charge in [0.2, 0.25) is 0 Å². The van der Waals surface area contributed by atoms with Crippen LogP contribution < -0.4 is 15.4 Å². The van der Waals surface area contributed by atoms with Crippen LogP contribution in [0.3, 0.4) is 0 Å². The molecular formula is C36H40F2N8O3S. The van der Waals surface area contributed by atoms with E-state index < -0.39 is 11.6 Å². The number of methoxy groups -OCH3 is 1. The Morgan fingerprint density at radius 1 is 1.10 bits per heavy atom. The van der Waals surface area contributed by atoms with E-state index in [2.05, 4.69) is 25.8 Å². The van der Waals surface area contributed by atoms with Crippen LogP contribution in [0.2, 0.25) is 0 Å². The summed E-state index contributed by atoms with van der Waals surface area (Å²) in [5, 5.41) is 11.0. The van der Waals surface area contributed by atoms with Crippen LogP contribution in [-0.4, -0.2) is 95.4 Å². The van der Waals surface area contributed by atoms with Gasteiger partial charge in [0.1, 0.15) is 29.0 Å². The maximum atomic E-state index is 17.5. The SMILES string of the molecule is COCCCN1CC2CCC(C1)N2c1nc(OCC23CCCN2CCC3)nc2c(F)c(-c3ncc(F)c4sc(N)c(C#N)c34)c3c(c12)COC3. The molecule has 4 aromatic rings. The van der Waals surface area contributed by atoms with E-state index in [1.165, 1.54) is 0 Å². The van der Waals surface area contributed by atoms with Crippen molar-refractivity contribution in [3.63, 3.8) is 0 Å². The number of ether oxygens (including phenoxy) is 3. The van der Waals surface area contributed by atoms with Crippen molar-refractivity contribution in [3.8, 4) is 23.3 Å². The van der Waals surface area contributed by atoms with E-state index in [1.54, 1.807) is 7.11 Å². The summed E-state index contributed by atoms with van der Waals surface area (Å²) in [5.74, 6) is -0.539. The summed E-state index contributed by atoms with van der Waals surface area (Å²) in [6.45, 7) is 6.39. The summed E-state index contributed by atoms with van der Waals surface area (Å²) in [6, 6.07) is 2.65. The number of hydrogen-bond donors (Lipinski definition) is 1. The van der Waals surface area contributed by atoms with Gasteiger partial charge in [0.15, 0.2) is 11.6 Å². The molecule has 262 valence electrons. The molecule has 1 aromatic carbocycles. The lowest BCUT2D eigenvalue weighted by Gasteiger charge is -2.42. The minimum atomic E-state index is -0.612. The zero-order valence-electron chi connectivity index (χ0n) is 28.1. The number of piperazine rings is 1. The highest BCUT2D eigenvalue weighted by molar-refractivity contribution is 7.23. The molecule has 0 saturated carbocycles. The van der Waals surface area contributed by atoms with Crippen molar-refractivity contribution in [2.24, 2.45) is 0 Å². The molecule has 11 nitrogen and oxygen atoms in total. The Bertz CT molecular complexity index is 2030. The highest BCUT2D eigenvalue weighted by Gasteiger charge is 2.46. The van der Waals surface area contributed by atoms with Crippen LogP contribution in [0.25, 0.3) is 32.2 Å². The van der Waals surface area contributed by atoms with Gasteiger partial charge in [-0.2, -0.15) is 15.2 Å². The number of rotatable bonds is 9. The highest BCUT2D eigenvalue weighted by atomic mass is 32.1. The molecule has 5 aliphatic heterocycles. The van der Waals surface area contributed by atoms with Crippen molar-refractivity contribution in [3.05, 3.63) is 34.5 Å². The smallest absolute Gasteiger partial charge is 0.319 e. The standard InChI is InChI=1S/C36H40F2N8O3S/c1-47-12-4-9-44-15-20-5-6-21(16-44)46(20)34-28-24-18-48-17-23(24)26(30-27-22(13-39)33(40)50-32(27)25(37)14-41-30)29(38)31(28)42-35(43-34)49-19-36-7-2-10-45(36)11-3-8-36/h14,20-21H,2-12,15-19,40H2,1H3. The summed E-state index contributed by atoms with van der Waals surface area (Å²) in [5.41, 5.74) is 8.05. The summed E-state index contributed by atoms with van der Waals surface area (Å²) < 4.78 is 50.6.